The number of ether oxygens (including phenoxy) is 1. The Balaban J connectivity index is 1.63. The highest BCUT2D eigenvalue weighted by atomic mass is 16.5. The van der Waals surface area contributed by atoms with Gasteiger partial charge < -0.3 is 9.84 Å². The first-order chi connectivity index (χ1) is 13.9. The third kappa shape index (κ3) is 4.65. The summed E-state index contributed by atoms with van der Waals surface area (Å²) < 4.78 is 5.35. The summed E-state index contributed by atoms with van der Waals surface area (Å²) in [5, 5.41) is 9.57. The van der Waals surface area contributed by atoms with Crippen molar-refractivity contribution in [1.82, 2.24) is 0 Å². The number of aliphatic carboxylic acids is 1. The molecule has 0 spiro atoms. The molecule has 0 saturated heterocycles. The molecule has 6 nitrogen and oxygen atoms in total. The zero-order chi connectivity index (χ0) is 21.0. The summed E-state index contributed by atoms with van der Waals surface area (Å²) in [6.07, 6.45) is 0.579. The summed E-state index contributed by atoms with van der Waals surface area (Å²) >= 11 is 0. The lowest BCUT2D eigenvalue weighted by atomic mass is 9.95. The van der Waals surface area contributed by atoms with Gasteiger partial charge in [-0.05, 0) is 23.6 Å². The summed E-state index contributed by atoms with van der Waals surface area (Å²) in [6.45, 7) is 3.64. The highest BCUT2D eigenvalue weighted by Crippen LogP contribution is 2.34. The van der Waals surface area contributed by atoms with E-state index in [-0.39, 0.29) is 24.9 Å². The van der Waals surface area contributed by atoms with E-state index in [0.29, 0.717) is 12.1 Å². The Kier molecular flexibility index (Phi) is 6.32. The van der Waals surface area contributed by atoms with E-state index in [0.717, 1.165) is 11.1 Å². The molecule has 1 aliphatic heterocycles. The van der Waals surface area contributed by atoms with Crippen LogP contribution < -0.4 is 4.90 Å². The average Bonchev–Trinajstić information content (AvgIpc) is 3.12. The van der Waals surface area contributed by atoms with Gasteiger partial charge in [0.15, 0.2) is 0 Å². The second kappa shape index (κ2) is 8.90. The van der Waals surface area contributed by atoms with Crippen molar-refractivity contribution in [1.29, 1.82) is 0 Å². The van der Waals surface area contributed by atoms with Gasteiger partial charge in [-0.1, -0.05) is 62.4 Å². The van der Waals surface area contributed by atoms with Crippen molar-refractivity contribution in [3.05, 3.63) is 65.7 Å². The number of rotatable bonds is 7. The van der Waals surface area contributed by atoms with Gasteiger partial charge in [0.05, 0.1) is 5.92 Å². The van der Waals surface area contributed by atoms with Gasteiger partial charge in [0, 0.05) is 18.0 Å². The van der Waals surface area contributed by atoms with Crippen molar-refractivity contribution in [2.24, 2.45) is 11.8 Å². The summed E-state index contributed by atoms with van der Waals surface area (Å²) in [6, 6.07) is 15.7. The lowest BCUT2D eigenvalue weighted by Gasteiger charge is -2.26. The molecule has 3 atom stereocenters. The third-order valence-electron chi connectivity index (χ3n) is 5.25. The highest BCUT2D eigenvalue weighted by molar-refractivity contribution is 6.03. The number of carbonyl (C=O) groups is 3. The van der Waals surface area contributed by atoms with Crippen molar-refractivity contribution in [3.63, 3.8) is 0 Å². The molecule has 0 bridgehead atoms. The van der Waals surface area contributed by atoms with Crippen LogP contribution >= 0.6 is 0 Å². The van der Waals surface area contributed by atoms with Crippen LogP contribution in [0.4, 0.5) is 5.69 Å². The first kappa shape index (κ1) is 20.6. The van der Waals surface area contributed by atoms with Crippen LogP contribution in [0.25, 0.3) is 0 Å². The van der Waals surface area contributed by atoms with E-state index in [2.05, 4.69) is 0 Å². The first-order valence-electron chi connectivity index (χ1n) is 9.72. The van der Waals surface area contributed by atoms with E-state index < -0.39 is 23.8 Å². The van der Waals surface area contributed by atoms with Crippen LogP contribution in [-0.4, -0.2) is 29.0 Å². The predicted octanol–water partition coefficient (Wildman–Crippen LogP) is 3.43. The molecule has 0 radical (unpaired) electrons. The molecule has 1 aliphatic rings. The minimum Gasteiger partial charge on any atom is -0.480 e. The van der Waals surface area contributed by atoms with Crippen LogP contribution in [0, 0.1) is 11.8 Å². The van der Waals surface area contributed by atoms with E-state index >= 15 is 0 Å². The van der Waals surface area contributed by atoms with Crippen molar-refractivity contribution in [2.45, 2.75) is 39.3 Å². The molecule has 1 amide bonds. The number of hydrogen-bond donors (Lipinski definition) is 1. The molecular weight excluding hydrogens is 370 g/mol. The fourth-order valence-corrected chi connectivity index (χ4v) is 3.69. The molecule has 2 aromatic carbocycles. The summed E-state index contributed by atoms with van der Waals surface area (Å²) in [5.41, 5.74) is 2.38. The molecule has 1 N–H and O–H groups in total. The molecule has 29 heavy (non-hydrogen) atoms. The number of carboxylic acids is 1. The Morgan fingerprint density at radius 3 is 2.38 bits per heavy atom. The van der Waals surface area contributed by atoms with Crippen LogP contribution in [0.2, 0.25) is 0 Å². The Morgan fingerprint density at radius 1 is 1.03 bits per heavy atom. The molecule has 0 unspecified atom stereocenters. The van der Waals surface area contributed by atoms with Crippen molar-refractivity contribution >= 4 is 23.5 Å². The summed E-state index contributed by atoms with van der Waals surface area (Å²) in [7, 11) is 0. The normalized spacial score (nSPS) is 17.3. The molecule has 1 heterocycles. The maximum Gasteiger partial charge on any atom is 0.327 e. The van der Waals surface area contributed by atoms with E-state index in [9.17, 15) is 19.5 Å². The van der Waals surface area contributed by atoms with Gasteiger partial charge in [0.1, 0.15) is 12.6 Å². The minimum absolute atomic E-state index is 0.187. The number of anilines is 1. The van der Waals surface area contributed by atoms with Crippen molar-refractivity contribution in [2.75, 3.05) is 4.90 Å². The number of carbonyl (C=O) groups excluding carboxylic acids is 2. The van der Waals surface area contributed by atoms with Gasteiger partial charge in [-0.25, -0.2) is 4.79 Å². The second-order valence-corrected chi connectivity index (χ2v) is 7.53. The number of esters is 1. The summed E-state index contributed by atoms with van der Waals surface area (Å²) in [4.78, 5) is 38.5. The fraction of sp³-hybridized carbons (Fsp3) is 0.348. The molecule has 0 fully saturated rings. The van der Waals surface area contributed by atoms with Gasteiger partial charge in [0.25, 0.3) is 0 Å². The maximum absolute atomic E-state index is 13.1. The SMILES string of the molecule is C[C@H](C[C@@H](C)C(=O)N1c2ccccc2C[C@H]1C(=O)O)C(=O)OCc1ccccc1. The Morgan fingerprint density at radius 2 is 1.69 bits per heavy atom. The van der Waals surface area contributed by atoms with Gasteiger partial charge in [-0.15, -0.1) is 0 Å². The van der Waals surface area contributed by atoms with E-state index in [4.69, 9.17) is 4.74 Å². The lowest BCUT2D eigenvalue weighted by Crippen LogP contribution is -2.45. The summed E-state index contributed by atoms with van der Waals surface area (Å²) in [5.74, 6) is -2.67. The Bertz CT molecular complexity index is 895. The molecule has 2 aromatic rings. The minimum atomic E-state index is -1.03. The average molecular weight is 395 g/mol. The quantitative estimate of drug-likeness (QED) is 0.726. The zero-order valence-electron chi connectivity index (χ0n) is 16.6. The monoisotopic (exact) mass is 395 g/mol. The number of carboxylic acid groups (broad SMARTS) is 1. The number of fused-ring (bicyclic) bond motifs is 1. The molecular formula is C23H25NO5. The van der Waals surface area contributed by atoms with Gasteiger partial charge >= 0.3 is 11.9 Å². The van der Waals surface area contributed by atoms with Gasteiger partial charge in [-0.2, -0.15) is 0 Å². The van der Waals surface area contributed by atoms with E-state index in [1.165, 1.54) is 4.90 Å². The number of amides is 1. The standard InChI is InChI=1S/C23H25NO5/c1-15(12-16(2)23(28)29-14-17-8-4-3-5-9-17)21(25)24-19-11-7-6-10-18(19)13-20(24)22(26)27/h3-11,15-16,20H,12-14H2,1-2H3,(H,26,27)/t15-,16-,20+/m1/s1. The maximum atomic E-state index is 13.1. The van der Waals surface area contributed by atoms with E-state index in [1.807, 2.05) is 42.5 Å². The largest absolute Gasteiger partial charge is 0.480 e. The lowest BCUT2D eigenvalue weighted by molar-refractivity contribution is -0.150. The molecule has 0 aromatic heterocycles. The number of nitrogens with zero attached hydrogens (tertiary/aromatic N) is 1. The van der Waals surface area contributed by atoms with Crippen molar-refractivity contribution < 1.29 is 24.2 Å². The van der Waals surface area contributed by atoms with Crippen LogP contribution in [0.5, 0.6) is 0 Å². The smallest absolute Gasteiger partial charge is 0.327 e. The first-order valence-corrected chi connectivity index (χ1v) is 9.72. The molecule has 152 valence electrons. The number of benzene rings is 2. The van der Waals surface area contributed by atoms with Crippen LogP contribution in [-0.2, 0) is 32.1 Å². The third-order valence-corrected chi connectivity index (χ3v) is 5.25. The van der Waals surface area contributed by atoms with Crippen LogP contribution in [0.15, 0.2) is 54.6 Å². The number of para-hydroxylation sites is 1. The van der Waals surface area contributed by atoms with Crippen LogP contribution in [0.3, 0.4) is 0 Å². The van der Waals surface area contributed by atoms with Crippen molar-refractivity contribution in [3.8, 4) is 0 Å². The predicted molar refractivity (Wildman–Crippen MR) is 108 cm³/mol. The Labute approximate surface area is 170 Å². The van der Waals surface area contributed by atoms with Gasteiger partial charge in [-0.3, -0.25) is 14.5 Å². The Hall–Kier alpha value is -3.15. The van der Waals surface area contributed by atoms with Gasteiger partial charge in [0.2, 0.25) is 5.91 Å². The second-order valence-electron chi connectivity index (χ2n) is 7.53. The topological polar surface area (TPSA) is 83.9 Å². The fourth-order valence-electron chi connectivity index (χ4n) is 3.69. The van der Waals surface area contributed by atoms with Crippen LogP contribution in [0.1, 0.15) is 31.4 Å². The molecule has 3 rings (SSSR count). The zero-order valence-corrected chi connectivity index (χ0v) is 16.6. The number of hydrogen-bond acceptors (Lipinski definition) is 4. The molecule has 0 aliphatic carbocycles. The molecule has 0 saturated carbocycles. The molecule has 6 heteroatoms. The van der Waals surface area contributed by atoms with E-state index in [1.54, 1.807) is 26.0 Å². The highest BCUT2D eigenvalue weighted by Gasteiger charge is 2.40.